The molecule has 0 unspecified atom stereocenters. The maximum Gasteiger partial charge on any atom is 0.255 e. The maximum absolute atomic E-state index is 13.5. The van der Waals surface area contributed by atoms with Crippen LogP contribution in [0.4, 0.5) is 0 Å². The number of amides is 2. The summed E-state index contributed by atoms with van der Waals surface area (Å²) in [5.74, 6) is -0.294. The van der Waals surface area contributed by atoms with Gasteiger partial charge in [0.25, 0.3) is 5.91 Å². The van der Waals surface area contributed by atoms with Gasteiger partial charge in [-0.2, -0.15) is 0 Å². The lowest BCUT2D eigenvalue weighted by atomic mass is 9.90. The van der Waals surface area contributed by atoms with Crippen molar-refractivity contribution in [3.8, 4) is 0 Å². The molecule has 3 aromatic rings. The number of piperazine rings is 1. The number of nitrogens with zero attached hydrogens (tertiary/aromatic N) is 2. The van der Waals surface area contributed by atoms with Gasteiger partial charge in [0.05, 0.1) is 11.5 Å². The summed E-state index contributed by atoms with van der Waals surface area (Å²) in [6, 6.07) is 27.1. The first-order valence-corrected chi connectivity index (χ1v) is 10.6. The molecule has 1 saturated heterocycles. The minimum absolute atomic E-state index is 0.0321. The van der Waals surface area contributed by atoms with Crippen LogP contribution in [0.1, 0.15) is 27.4 Å². The van der Waals surface area contributed by atoms with Crippen LogP contribution < -0.4 is 0 Å². The lowest BCUT2D eigenvalue weighted by Crippen LogP contribution is -2.51. The van der Waals surface area contributed by atoms with Crippen molar-refractivity contribution in [1.29, 1.82) is 0 Å². The SMILES string of the molecule is O=C(c1ccccc1S)N1CCN(C(=O)C(c2ccccc2)c2ccccc2)CC1. The third kappa shape index (κ3) is 4.26. The van der Waals surface area contributed by atoms with Gasteiger partial charge in [0, 0.05) is 31.1 Å². The Morgan fingerprint density at radius 2 is 1.13 bits per heavy atom. The lowest BCUT2D eigenvalue weighted by Gasteiger charge is -2.36. The van der Waals surface area contributed by atoms with Crippen LogP contribution in [0.3, 0.4) is 0 Å². The van der Waals surface area contributed by atoms with Crippen LogP contribution in [0.2, 0.25) is 0 Å². The van der Waals surface area contributed by atoms with Crippen molar-refractivity contribution in [3.05, 3.63) is 102 Å². The summed E-state index contributed by atoms with van der Waals surface area (Å²) in [6.45, 7) is 2.08. The van der Waals surface area contributed by atoms with Crippen LogP contribution in [0.15, 0.2) is 89.8 Å². The van der Waals surface area contributed by atoms with Gasteiger partial charge < -0.3 is 9.80 Å². The Bertz CT molecular complexity index is 976. The molecule has 2 amide bonds. The van der Waals surface area contributed by atoms with E-state index in [2.05, 4.69) is 12.6 Å². The van der Waals surface area contributed by atoms with Crippen molar-refractivity contribution in [2.24, 2.45) is 0 Å². The Morgan fingerprint density at radius 3 is 1.67 bits per heavy atom. The predicted molar refractivity (Wildman–Crippen MR) is 121 cm³/mol. The second-order valence-electron chi connectivity index (χ2n) is 7.39. The smallest absolute Gasteiger partial charge is 0.255 e. The van der Waals surface area contributed by atoms with Crippen molar-refractivity contribution in [2.45, 2.75) is 10.8 Å². The molecule has 1 aliphatic rings. The summed E-state index contributed by atoms with van der Waals surface area (Å²) in [4.78, 5) is 30.7. The molecule has 4 nitrogen and oxygen atoms in total. The van der Waals surface area contributed by atoms with Crippen LogP contribution in [0.25, 0.3) is 0 Å². The topological polar surface area (TPSA) is 40.6 Å². The minimum Gasteiger partial charge on any atom is -0.338 e. The molecule has 0 atom stereocenters. The van der Waals surface area contributed by atoms with Crippen LogP contribution in [0.5, 0.6) is 0 Å². The summed E-state index contributed by atoms with van der Waals surface area (Å²) in [6.07, 6.45) is 0. The third-order valence-corrected chi connectivity index (χ3v) is 5.92. The summed E-state index contributed by atoms with van der Waals surface area (Å²) in [7, 11) is 0. The first-order valence-electron chi connectivity index (χ1n) is 10.1. The monoisotopic (exact) mass is 416 g/mol. The molecule has 0 N–H and O–H groups in total. The zero-order valence-corrected chi connectivity index (χ0v) is 17.5. The summed E-state index contributed by atoms with van der Waals surface area (Å²) in [5, 5.41) is 0. The van der Waals surface area contributed by atoms with E-state index in [1.54, 1.807) is 11.0 Å². The van der Waals surface area contributed by atoms with Crippen molar-refractivity contribution in [2.75, 3.05) is 26.2 Å². The molecule has 0 saturated carbocycles. The number of carbonyl (C=O) groups excluding carboxylic acids is 2. The molecule has 30 heavy (non-hydrogen) atoms. The van der Waals surface area contributed by atoms with E-state index in [1.807, 2.05) is 83.8 Å². The van der Waals surface area contributed by atoms with Crippen LogP contribution >= 0.6 is 12.6 Å². The molecule has 4 rings (SSSR count). The Balaban J connectivity index is 1.50. The lowest BCUT2D eigenvalue weighted by molar-refractivity contribution is -0.133. The van der Waals surface area contributed by atoms with Gasteiger partial charge in [0.2, 0.25) is 5.91 Å². The molecule has 1 aliphatic heterocycles. The second kappa shape index (κ2) is 9.18. The standard InChI is InChI=1S/C25H24N2O2S/c28-24(21-13-7-8-14-22(21)30)26-15-17-27(18-16-26)25(29)23(19-9-3-1-4-10-19)20-11-5-2-6-12-20/h1-14,23,30H,15-18H2. The average molecular weight is 417 g/mol. The molecule has 0 bridgehead atoms. The predicted octanol–water partition coefficient (Wildman–Crippen LogP) is 4.09. The summed E-state index contributed by atoms with van der Waals surface area (Å²) < 4.78 is 0. The Morgan fingerprint density at radius 1 is 0.667 bits per heavy atom. The van der Waals surface area contributed by atoms with Gasteiger partial charge in [-0.1, -0.05) is 72.8 Å². The zero-order chi connectivity index (χ0) is 20.9. The van der Waals surface area contributed by atoms with Crippen LogP contribution in [-0.4, -0.2) is 47.8 Å². The molecule has 5 heteroatoms. The molecule has 1 heterocycles. The number of hydrogen-bond acceptors (Lipinski definition) is 3. The normalized spacial score (nSPS) is 14.1. The molecule has 152 valence electrons. The largest absolute Gasteiger partial charge is 0.338 e. The summed E-state index contributed by atoms with van der Waals surface area (Å²) in [5.41, 5.74) is 2.57. The number of hydrogen-bond donors (Lipinski definition) is 1. The highest BCUT2D eigenvalue weighted by molar-refractivity contribution is 7.80. The van der Waals surface area contributed by atoms with Gasteiger partial charge in [-0.05, 0) is 23.3 Å². The maximum atomic E-state index is 13.5. The van der Waals surface area contributed by atoms with Crippen LogP contribution in [-0.2, 0) is 4.79 Å². The summed E-state index contributed by atoms with van der Waals surface area (Å²) >= 11 is 4.40. The number of benzene rings is 3. The highest BCUT2D eigenvalue weighted by atomic mass is 32.1. The van der Waals surface area contributed by atoms with E-state index in [1.165, 1.54) is 0 Å². The van der Waals surface area contributed by atoms with Gasteiger partial charge in [-0.25, -0.2) is 0 Å². The van der Waals surface area contributed by atoms with Crippen LogP contribution in [0, 0.1) is 0 Å². The molecular weight excluding hydrogens is 392 g/mol. The van der Waals surface area contributed by atoms with Gasteiger partial charge in [-0.3, -0.25) is 9.59 Å². The Labute approximate surface area is 182 Å². The molecular formula is C25H24N2O2S. The molecule has 3 aromatic carbocycles. The van der Waals surface area contributed by atoms with E-state index in [0.29, 0.717) is 36.6 Å². The van der Waals surface area contributed by atoms with Crippen molar-refractivity contribution < 1.29 is 9.59 Å². The molecule has 0 aliphatic carbocycles. The van der Waals surface area contributed by atoms with Gasteiger partial charge in [-0.15, -0.1) is 12.6 Å². The fourth-order valence-corrected chi connectivity index (χ4v) is 4.16. The number of rotatable bonds is 4. The Hall–Kier alpha value is -3.05. The number of carbonyl (C=O) groups is 2. The molecule has 0 radical (unpaired) electrons. The van der Waals surface area contributed by atoms with Crippen molar-refractivity contribution in [3.63, 3.8) is 0 Å². The van der Waals surface area contributed by atoms with Gasteiger partial charge >= 0.3 is 0 Å². The highest BCUT2D eigenvalue weighted by Gasteiger charge is 2.31. The fraction of sp³-hybridized carbons (Fsp3) is 0.200. The molecule has 0 spiro atoms. The second-order valence-corrected chi connectivity index (χ2v) is 7.87. The van der Waals surface area contributed by atoms with Crippen molar-refractivity contribution >= 4 is 24.4 Å². The van der Waals surface area contributed by atoms with E-state index >= 15 is 0 Å². The number of thiol groups is 1. The highest BCUT2D eigenvalue weighted by Crippen LogP contribution is 2.27. The molecule has 1 fully saturated rings. The average Bonchev–Trinajstić information content (AvgIpc) is 2.81. The van der Waals surface area contributed by atoms with Gasteiger partial charge in [0.1, 0.15) is 0 Å². The fourth-order valence-electron chi connectivity index (χ4n) is 3.91. The van der Waals surface area contributed by atoms with E-state index in [4.69, 9.17) is 0 Å². The van der Waals surface area contributed by atoms with E-state index in [-0.39, 0.29) is 17.7 Å². The van der Waals surface area contributed by atoms with Crippen molar-refractivity contribution in [1.82, 2.24) is 9.80 Å². The molecule has 0 aromatic heterocycles. The zero-order valence-electron chi connectivity index (χ0n) is 16.6. The van der Waals surface area contributed by atoms with E-state index in [0.717, 1.165) is 11.1 Å². The Kier molecular flexibility index (Phi) is 6.19. The van der Waals surface area contributed by atoms with E-state index in [9.17, 15) is 9.59 Å². The van der Waals surface area contributed by atoms with Gasteiger partial charge in [0.15, 0.2) is 0 Å². The quantitative estimate of drug-likeness (QED) is 0.651. The first-order chi connectivity index (χ1) is 14.6. The third-order valence-electron chi connectivity index (χ3n) is 5.53. The minimum atomic E-state index is -0.340. The van der Waals surface area contributed by atoms with E-state index < -0.39 is 0 Å². The first kappa shape index (κ1) is 20.2.